The van der Waals surface area contributed by atoms with E-state index < -0.39 is 0 Å². The highest BCUT2D eigenvalue weighted by molar-refractivity contribution is 5.94. The number of rotatable bonds is 5. The van der Waals surface area contributed by atoms with E-state index in [1.54, 1.807) is 15.8 Å². The summed E-state index contributed by atoms with van der Waals surface area (Å²) in [6.45, 7) is 1.12. The van der Waals surface area contributed by atoms with Crippen LogP contribution in [-0.4, -0.2) is 39.6 Å². The van der Waals surface area contributed by atoms with Crippen LogP contribution in [0.25, 0.3) is 5.69 Å². The number of nitrogens with zero attached hydrogens (tertiary/aromatic N) is 3. The lowest BCUT2D eigenvalue weighted by Crippen LogP contribution is -2.40. The molecule has 30 heavy (non-hydrogen) atoms. The highest BCUT2D eigenvalue weighted by Gasteiger charge is 2.29. The third kappa shape index (κ3) is 4.56. The summed E-state index contributed by atoms with van der Waals surface area (Å²) in [6, 6.07) is 15.2. The summed E-state index contributed by atoms with van der Waals surface area (Å²) in [4.78, 5) is 26.6. The minimum absolute atomic E-state index is 0.143. The van der Waals surface area contributed by atoms with Crippen LogP contribution in [0.2, 0.25) is 0 Å². The zero-order valence-electron chi connectivity index (χ0n) is 16.4. The van der Waals surface area contributed by atoms with Crippen LogP contribution in [0.3, 0.4) is 0 Å². The minimum Gasteiger partial charge on any atom is -0.460 e. The lowest BCUT2D eigenvalue weighted by molar-refractivity contribution is -0.151. The molecule has 154 valence electrons. The van der Waals surface area contributed by atoms with Crippen molar-refractivity contribution < 1.29 is 18.7 Å². The van der Waals surface area contributed by atoms with Gasteiger partial charge < -0.3 is 9.64 Å². The Hall–Kier alpha value is -3.48. The number of hydrogen-bond donors (Lipinski definition) is 0. The van der Waals surface area contributed by atoms with Crippen LogP contribution in [0.1, 0.15) is 28.8 Å². The Morgan fingerprint density at radius 3 is 2.43 bits per heavy atom. The highest BCUT2D eigenvalue weighted by atomic mass is 19.1. The Balaban J connectivity index is 1.26. The topological polar surface area (TPSA) is 64.4 Å². The Morgan fingerprint density at radius 1 is 1.03 bits per heavy atom. The van der Waals surface area contributed by atoms with Crippen LogP contribution < -0.4 is 0 Å². The average molecular weight is 407 g/mol. The molecule has 0 radical (unpaired) electrons. The number of piperidine rings is 1. The molecule has 1 saturated heterocycles. The number of hydrogen-bond acceptors (Lipinski definition) is 4. The van der Waals surface area contributed by atoms with E-state index in [-0.39, 0.29) is 30.2 Å². The summed E-state index contributed by atoms with van der Waals surface area (Å²) in [5.74, 6) is -1.000. The van der Waals surface area contributed by atoms with E-state index >= 15 is 0 Å². The normalized spacial score (nSPS) is 14.5. The molecular weight excluding hydrogens is 385 g/mol. The van der Waals surface area contributed by atoms with Gasteiger partial charge in [-0.1, -0.05) is 18.2 Å². The second-order valence-corrected chi connectivity index (χ2v) is 7.31. The molecule has 2 aromatic carbocycles. The predicted octanol–water partition coefficient (Wildman–Crippen LogP) is 3.61. The molecule has 0 aliphatic carbocycles. The maximum atomic E-state index is 13.0. The van der Waals surface area contributed by atoms with E-state index in [1.807, 2.05) is 36.5 Å². The van der Waals surface area contributed by atoms with Crippen molar-refractivity contribution in [1.29, 1.82) is 0 Å². The molecule has 1 fully saturated rings. The average Bonchev–Trinajstić information content (AvgIpc) is 3.27. The molecule has 0 saturated carbocycles. The third-order valence-corrected chi connectivity index (χ3v) is 5.24. The molecule has 0 atom stereocenters. The molecule has 2 heterocycles. The summed E-state index contributed by atoms with van der Waals surface area (Å²) in [5.41, 5.74) is 2.21. The fourth-order valence-corrected chi connectivity index (χ4v) is 3.52. The van der Waals surface area contributed by atoms with Crippen molar-refractivity contribution in [3.05, 3.63) is 83.9 Å². The third-order valence-electron chi connectivity index (χ3n) is 5.24. The van der Waals surface area contributed by atoms with Crippen LogP contribution in [0.15, 0.2) is 67.0 Å². The zero-order valence-corrected chi connectivity index (χ0v) is 16.4. The number of likely N-dealkylation sites (tertiary alicyclic amines) is 1. The van der Waals surface area contributed by atoms with Crippen molar-refractivity contribution in [2.24, 2.45) is 5.92 Å². The lowest BCUT2D eigenvalue weighted by Gasteiger charge is -2.31. The summed E-state index contributed by atoms with van der Waals surface area (Å²) in [7, 11) is 0. The van der Waals surface area contributed by atoms with E-state index in [1.165, 1.54) is 24.3 Å². The molecule has 7 heteroatoms. The Kier molecular flexibility index (Phi) is 5.88. The number of carbonyl (C=O) groups excluding carboxylic acids is 2. The van der Waals surface area contributed by atoms with E-state index in [0.717, 1.165) is 11.3 Å². The molecule has 1 aliphatic rings. The molecular formula is C23H22FN3O3. The Bertz CT molecular complexity index is 1010. The smallest absolute Gasteiger partial charge is 0.309 e. The predicted molar refractivity (Wildman–Crippen MR) is 108 cm³/mol. The van der Waals surface area contributed by atoms with Crippen molar-refractivity contribution in [3.8, 4) is 5.69 Å². The molecule has 1 aliphatic heterocycles. The minimum atomic E-state index is -0.373. The summed E-state index contributed by atoms with van der Waals surface area (Å²) in [6.07, 6.45) is 4.63. The van der Waals surface area contributed by atoms with Crippen molar-refractivity contribution in [2.45, 2.75) is 19.4 Å². The fourth-order valence-electron chi connectivity index (χ4n) is 3.52. The first kappa shape index (κ1) is 19.8. The second kappa shape index (κ2) is 8.90. The van der Waals surface area contributed by atoms with E-state index in [2.05, 4.69) is 5.10 Å². The number of halogens is 1. The van der Waals surface area contributed by atoms with Gasteiger partial charge in [0.05, 0.1) is 17.8 Å². The first-order chi connectivity index (χ1) is 14.6. The van der Waals surface area contributed by atoms with Crippen LogP contribution in [0.4, 0.5) is 4.39 Å². The van der Waals surface area contributed by atoms with Crippen molar-refractivity contribution in [2.75, 3.05) is 13.1 Å². The first-order valence-electron chi connectivity index (χ1n) is 9.90. The summed E-state index contributed by atoms with van der Waals surface area (Å²) >= 11 is 0. The van der Waals surface area contributed by atoms with Gasteiger partial charge in [0.15, 0.2) is 0 Å². The number of para-hydroxylation sites is 1. The molecule has 6 nitrogen and oxygen atoms in total. The second-order valence-electron chi connectivity index (χ2n) is 7.31. The number of carbonyl (C=O) groups is 2. The lowest BCUT2D eigenvalue weighted by atomic mass is 9.96. The molecule has 3 aromatic rings. The summed E-state index contributed by atoms with van der Waals surface area (Å²) in [5, 5.41) is 4.30. The van der Waals surface area contributed by atoms with Gasteiger partial charge in [0.25, 0.3) is 5.91 Å². The standard InChI is InChI=1S/C23H22FN3O3/c24-20-8-6-18(7-9-20)22(28)26-12-10-19(11-13-26)23(29)30-16-17-14-25-27(15-17)21-4-2-1-3-5-21/h1-9,14-15,19H,10-13,16H2. The van der Waals surface area contributed by atoms with Crippen molar-refractivity contribution >= 4 is 11.9 Å². The molecule has 1 aromatic heterocycles. The number of esters is 1. The SMILES string of the molecule is O=C(OCc1cnn(-c2ccccc2)c1)C1CCN(C(=O)c2ccc(F)cc2)CC1. The number of ether oxygens (including phenoxy) is 1. The molecule has 0 N–H and O–H groups in total. The van der Waals surface area contributed by atoms with Crippen LogP contribution >= 0.6 is 0 Å². The van der Waals surface area contributed by atoms with Gasteiger partial charge >= 0.3 is 5.97 Å². The monoisotopic (exact) mass is 407 g/mol. The quantitative estimate of drug-likeness (QED) is 0.606. The Morgan fingerprint density at radius 2 is 1.73 bits per heavy atom. The Labute approximate surface area is 173 Å². The van der Waals surface area contributed by atoms with Crippen LogP contribution in [-0.2, 0) is 16.1 Å². The molecule has 0 unspecified atom stereocenters. The van der Waals surface area contributed by atoms with Gasteiger partial charge in [-0.25, -0.2) is 9.07 Å². The maximum absolute atomic E-state index is 13.0. The van der Waals surface area contributed by atoms with Gasteiger partial charge in [-0.05, 0) is 49.2 Å². The van der Waals surface area contributed by atoms with E-state index in [0.29, 0.717) is 31.5 Å². The fraction of sp³-hybridized carbons (Fsp3) is 0.261. The number of amides is 1. The number of benzene rings is 2. The van der Waals surface area contributed by atoms with Gasteiger partial charge in [-0.3, -0.25) is 9.59 Å². The van der Waals surface area contributed by atoms with Crippen molar-refractivity contribution in [3.63, 3.8) is 0 Å². The van der Waals surface area contributed by atoms with Gasteiger partial charge in [0, 0.05) is 30.4 Å². The van der Waals surface area contributed by atoms with E-state index in [4.69, 9.17) is 4.74 Å². The largest absolute Gasteiger partial charge is 0.460 e. The van der Waals surface area contributed by atoms with Crippen LogP contribution in [0, 0.1) is 11.7 Å². The van der Waals surface area contributed by atoms with Gasteiger partial charge in [0.2, 0.25) is 0 Å². The van der Waals surface area contributed by atoms with Crippen molar-refractivity contribution in [1.82, 2.24) is 14.7 Å². The first-order valence-corrected chi connectivity index (χ1v) is 9.90. The van der Waals surface area contributed by atoms with Gasteiger partial charge in [0.1, 0.15) is 12.4 Å². The maximum Gasteiger partial charge on any atom is 0.309 e. The number of aromatic nitrogens is 2. The molecule has 4 rings (SSSR count). The van der Waals surface area contributed by atoms with E-state index in [9.17, 15) is 14.0 Å². The molecule has 1 amide bonds. The van der Waals surface area contributed by atoms with Crippen LogP contribution in [0.5, 0.6) is 0 Å². The zero-order chi connectivity index (χ0) is 20.9. The highest BCUT2D eigenvalue weighted by Crippen LogP contribution is 2.21. The molecule has 0 bridgehead atoms. The van der Waals surface area contributed by atoms with Gasteiger partial charge in [-0.15, -0.1) is 0 Å². The molecule has 0 spiro atoms. The summed E-state index contributed by atoms with van der Waals surface area (Å²) < 4.78 is 20.2. The van der Waals surface area contributed by atoms with Gasteiger partial charge in [-0.2, -0.15) is 5.10 Å².